The van der Waals surface area contributed by atoms with Gasteiger partial charge in [-0.2, -0.15) is 0 Å². The van der Waals surface area contributed by atoms with Gasteiger partial charge in [-0.05, 0) is 77.2 Å². The highest BCUT2D eigenvalue weighted by atomic mass is 127. The fourth-order valence-corrected chi connectivity index (χ4v) is 5.41. The highest BCUT2D eigenvalue weighted by Gasteiger charge is 2.49. The maximum Gasteiger partial charge on any atom is 0.345 e. The van der Waals surface area contributed by atoms with Crippen molar-refractivity contribution in [2.45, 2.75) is 71.8 Å². The summed E-state index contributed by atoms with van der Waals surface area (Å²) in [6.07, 6.45) is -0.151. The van der Waals surface area contributed by atoms with Crippen LogP contribution in [-0.4, -0.2) is 38.9 Å². The second kappa shape index (κ2) is 9.21. The first-order valence-electron chi connectivity index (χ1n) is 8.95. The van der Waals surface area contributed by atoms with Crippen LogP contribution in [0.1, 0.15) is 41.5 Å². The maximum absolute atomic E-state index is 12.3. The number of rotatable bonds is 7. The van der Waals surface area contributed by atoms with E-state index in [-0.39, 0.29) is 40.9 Å². The zero-order chi connectivity index (χ0) is 20.4. The third-order valence-electron chi connectivity index (χ3n) is 5.39. The lowest BCUT2D eigenvalue weighted by atomic mass is 9.79. The van der Waals surface area contributed by atoms with E-state index in [1.165, 1.54) is 0 Å². The van der Waals surface area contributed by atoms with E-state index in [0.717, 1.165) is 3.58 Å². The van der Waals surface area contributed by atoms with Crippen molar-refractivity contribution in [2.75, 3.05) is 6.61 Å². The predicted molar refractivity (Wildman–Crippen MR) is 124 cm³/mol. The Bertz CT molecular complexity index is 586. The van der Waals surface area contributed by atoms with Crippen molar-refractivity contribution >= 4 is 65.4 Å². The average molecular weight is 607 g/mol. The molecule has 0 aromatic carbocycles. The summed E-state index contributed by atoms with van der Waals surface area (Å²) in [7, 11) is -1.95. The third kappa shape index (κ3) is 5.44. The minimum atomic E-state index is -1.95. The second-order valence-corrected chi connectivity index (χ2v) is 15.3. The van der Waals surface area contributed by atoms with Crippen LogP contribution >= 0.6 is 45.2 Å². The quantitative estimate of drug-likeness (QED) is 0.149. The highest BCUT2D eigenvalue weighted by molar-refractivity contribution is 14.1. The molecule has 150 valence electrons. The topological polar surface area (TPSA) is 64.6 Å². The molecule has 4 atom stereocenters. The zero-order valence-corrected chi connectivity index (χ0v) is 22.2. The highest BCUT2D eigenvalue weighted by Crippen LogP contribution is 2.41. The fraction of sp³-hybridized carbons (Fsp3) is 0.778. The summed E-state index contributed by atoms with van der Waals surface area (Å²) < 4.78 is 13.0. The van der Waals surface area contributed by atoms with E-state index in [2.05, 4.69) is 61.8 Å². The van der Waals surface area contributed by atoms with Gasteiger partial charge in [0.15, 0.2) is 8.32 Å². The van der Waals surface area contributed by atoms with Crippen LogP contribution in [-0.2, 0) is 18.8 Å². The predicted octanol–water partition coefficient (Wildman–Crippen LogP) is 4.79. The molecular weight excluding hydrogens is 576 g/mol. The molecule has 1 saturated heterocycles. The van der Waals surface area contributed by atoms with E-state index in [0.29, 0.717) is 10.2 Å². The van der Waals surface area contributed by atoms with Crippen molar-refractivity contribution < 1.29 is 18.8 Å². The molecule has 8 heteroatoms. The molecule has 0 bridgehead atoms. The van der Waals surface area contributed by atoms with Gasteiger partial charge >= 0.3 is 5.97 Å². The number of esters is 1. The maximum atomic E-state index is 12.3. The minimum absolute atomic E-state index is 0.0278. The number of amides is 1. The lowest BCUT2D eigenvalue weighted by molar-refractivity contribution is -0.141. The van der Waals surface area contributed by atoms with Gasteiger partial charge in [0, 0.05) is 15.5 Å². The molecule has 0 radical (unpaired) electrons. The van der Waals surface area contributed by atoms with Crippen molar-refractivity contribution in [3.8, 4) is 0 Å². The summed E-state index contributed by atoms with van der Waals surface area (Å²) in [5.41, 5.74) is 0. The van der Waals surface area contributed by atoms with E-state index in [9.17, 15) is 9.59 Å². The van der Waals surface area contributed by atoms with E-state index >= 15 is 0 Å². The molecular formula is C18H31I2NO4Si. The van der Waals surface area contributed by atoms with Gasteiger partial charge in [-0.3, -0.25) is 4.79 Å². The first-order chi connectivity index (χ1) is 11.7. The Morgan fingerprint density at radius 3 is 2.23 bits per heavy atom. The van der Waals surface area contributed by atoms with Gasteiger partial charge in [0.2, 0.25) is 5.91 Å². The lowest BCUT2D eigenvalue weighted by Crippen LogP contribution is -2.66. The number of nitrogens with one attached hydrogen (secondary N) is 1. The minimum Gasteiger partial charge on any atom is -0.462 e. The van der Waals surface area contributed by atoms with Crippen molar-refractivity contribution in [1.29, 1.82) is 0 Å². The first kappa shape index (κ1) is 24.4. The number of hydrogen-bond acceptors (Lipinski definition) is 4. The van der Waals surface area contributed by atoms with E-state index in [4.69, 9.17) is 9.16 Å². The average Bonchev–Trinajstić information content (AvgIpc) is 2.48. The monoisotopic (exact) mass is 607 g/mol. The summed E-state index contributed by atoms with van der Waals surface area (Å²) in [5.74, 6) is -0.448. The van der Waals surface area contributed by atoms with Gasteiger partial charge in [0.1, 0.15) is 3.58 Å². The molecule has 1 N–H and O–H groups in total. The summed E-state index contributed by atoms with van der Waals surface area (Å²) >= 11 is 4.22. The van der Waals surface area contributed by atoms with E-state index in [1.807, 2.05) is 36.4 Å². The summed E-state index contributed by atoms with van der Waals surface area (Å²) in [4.78, 5) is 24.3. The van der Waals surface area contributed by atoms with Gasteiger partial charge in [-0.15, -0.1) is 0 Å². The first-order valence-corrected chi connectivity index (χ1v) is 14.0. The Labute approximate surface area is 185 Å². The molecule has 0 spiro atoms. The SMILES string of the molecule is CCOC(=O)/C(I)=C(\I)[C@H](C)[C@H]1NC(=O)[C@@H]1[C@@H](C)O[Si](C)(C)C(C)(C)C. The molecule has 1 rings (SSSR count). The summed E-state index contributed by atoms with van der Waals surface area (Å²) in [5, 5.41) is 3.10. The molecule has 26 heavy (non-hydrogen) atoms. The van der Waals surface area contributed by atoms with Crippen molar-refractivity contribution in [1.82, 2.24) is 5.32 Å². The fourth-order valence-electron chi connectivity index (χ4n) is 2.72. The molecule has 1 aliphatic rings. The van der Waals surface area contributed by atoms with Crippen LogP contribution < -0.4 is 5.32 Å². The van der Waals surface area contributed by atoms with Crippen LogP contribution in [0, 0.1) is 11.8 Å². The third-order valence-corrected chi connectivity index (χ3v) is 13.5. The van der Waals surface area contributed by atoms with Crippen molar-refractivity contribution in [3.63, 3.8) is 0 Å². The molecule has 1 heterocycles. The number of carbonyl (C=O) groups is 2. The standard InChI is InChI=1S/C18H31I2NO4Si/c1-9-24-17(23)14(20)13(19)10(2)15-12(16(22)21-15)11(3)25-26(7,8)18(4,5)6/h10-12,15H,9H2,1-8H3,(H,21,22)/b14-13+/t10-,11+,12+,15+/m0/s1. The number of ether oxygens (including phenoxy) is 1. The van der Waals surface area contributed by atoms with E-state index < -0.39 is 8.32 Å². The molecule has 0 aromatic rings. The van der Waals surface area contributed by atoms with Crippen LogP contribution in [0.5, 0.6) is 0 Å². The molecule has 0 aliphatic carbocycles. The van der Waals surface area contributed by atoms with Gasteiger partial charge in [0.25, 0.3) is 0 Å². The second-order valence-electron chi connectivity index (χ2n) is 8.31. The number of carbonyl (C=O) groups excluding carboxylic acids is 2. The van der Waals surface area contributed by atoms with Gasteiger partial charge in [-0.1, -0.05) is 27.7 Å². The zero-order valence-electron chi connectivity index (χ0n) is 16.9. The largest absolute Gasteiger partial charge is 0.462 e. The van der Waals surface area contributed by atoms with Crippen molar-refractivity contribution in [2.24, 2.45) is 11.8 Å². The van der Waals surface area contributed by atoms with Crippen LogP contribution in [0.4, 0.5) is 0 Å². The molecule has 0 unspecified atom stereocenters. The number of halogens is 2. The smallest absolute Gasteiger partial charge is 0.345 e. The number of β-lactam (4-membered cyclic amide) rings is 1. The Hall–Kier alpha value is 0.317. The Balaban J connectivity index is 2.94. The molecule has 1 fully saturated rings. The van der Waals surface area contributed by atoms with Gasteiger partial charge < -0.3 is 14.5 Å². The van der Waals surface area contributed by atoms with E-state index in [1.54, 1.807) is 6.92 Å². The van der Waals surface area contributed by atoms with Crippen molar-refractivity contribution in [3.05, 3.63) is 7.16 Å². The molecule has 1 aliphatic heterocycles. The summed E-state index contributed by atoms with van der Waals surface area (Å²) in [6.45, 7) is 17.2. The van der Waals surface area contributed by atoms with Crippen LogP contribution in [0.2, 0.25) is 18.1 Å². The lowest BCUT2D eigenvalue weighted by Gasteiger charge is -2.47. The summed E-state index contributed by atoms with van der Waals surface area (Å²) in [6, 6.07) is -0.0339. The number of hydrogen-bond donors (Lipinski definition) is 1. The van der Waals surface area contributed by atoms with Gasteiger partial charge in [0.05, 0.1) is 18.6 Å². The Morgan fingerprint density at radius 1 is 1.27 bits per heavy atom. The molecule has 1 amide bonds. The molecule has 5 nitrogen and oxygen atoms in total. The van der Waals surface area contributed by atoms with Crippen LogP contribution in [0.25, 0.3) is 0 Å². The normalized spacial score (nSPS) is 24.2. The Morgan fingerprint density at radius 2 is 1.81 bits per heavy atom. The molecule has 0 aromatic heterocycles. The Kier molecular flexibility index (Phi) is 8.63. The van der Waals surface area contributed by atoms with Crippen LogP contribution in [0.15, 0.2) is 7.16 Å². The molecule has 0 saturated carbocycles. The van der Waals surface area contributed by atoms with Gasteiger partial charge in [-0.25, -0.2) is 4.79 Å². The van der Waals surface area contributed by atoms with Crippen LogP contribution in [0.3, 0.4) is 0 Å².